The second-order valence-corrected chi connectivity index (χ2v) is 4.14. The Kier molecular flexibility index (Phi) is 4.33. The second kappa shape index (κ2) is 5.31. The Morgan fingerprint density at radius 3 is 2.53 bits per heavy atom. The number of nitrogens with zero attached hydrogens (tertiary/aromatic N) is 2. The average molecular weight is 209 g/mol. The molecule has 2 atom stereocenters. The van der Waals surface area contributed by atoms with Crippen molar-refractivity contribution in [2.45, 2.75) is 53.1 Å². The minimum Gasteiger partial charge on any atom is -0.322 e. The van der Waals surface area contributed by atoms with Crippen LogP contribution < -0.4 is 5.73 Å². The molecule has 3 heteroatoms. The molecule has 0 amide bonds. The van der Waals surface area contributed by atoms with Crippen LogP contribution in [-0.2, 0) is 13.0 Å². The van der Waals surface area contributed by atoms with Gasteiger partial charge in [-0.05, 0) is 25.3 Å². The van der Waals surface area contributed by atoms with Crippen LogP contribution >= 0.6 is 0 Å². The third-order valence-corrected chi connectivity index (χ3v) is 3.12. The van der Waals surface area contributed by atoms with Crippen LogP contribution in [0.2, 0.25) is 0 Å². The summed E-state index contributed by atoms with van der Waals surface area (Å²) < 4.78 is 2.04. The summed E-state index contributed by atoms with van der Waals surface area (Å²) in [4.78, 5) is 0. The highest BCUT2D eigenvalue weighted by atomic mass is 15.3. The van der Waals surface area contributed by atoms with Gasteiger partial charge in [0.15, 0.2) is 0 Å². The van der Waals surface area contributed by atoms with Gasteiger partial charge in [0.2, 0.25) is 0 Å². The van der Waals surface area contributed by atoms with Crippen LogP contribution in [-0.4, -0.2) is 9.78 Å². The van der Waals surface area contributed by atoms with Gasteiger partial charge in [-0.25, -0.2) is 0 Å². The van der Waals surface area contributed by atoms with Gasteiger partial charge < -0.3 is 5.73 Å². The summed E-state index contributed by atoms with van der Waals surface area (Å²) >= 11 is 0. The minimum absolute atomic E-state index is 0.114. The molecule has 15 heavy (non-hydrogen) atoms. The standard InChI is InChI=1S/C12H23N3/c1-5-9(4)12(13)11-8-10(6-2)14-15(11)7-3/h8-9,12H,5-7,13H2,1-4H3. The Hall–Kier alpha value is -0.830. The van der Waals surface area contributed by atoms with Crippen molar-refractivity contribution in [2.24, 2.45) is 11.7 Å². The van der Waals surface area contributed by atoms with E-state index in [1.807, 2.05) is 4.68 Å². The zero-order valence-electron chi connectivity index (χ0n) is 10.3. The zero-order valence-corrected chi connectivity index (χ0v) is 10.3. The fourth-order valence-corrected chi connectivity index (χ4v) is 1.73. The van der Waals surface area contributed by atoms with Crippen LogP contribution in [0.15, 0.2) is 6.07 Å². The van der Waals surface area contributed by atoms with Crippen LogP contribution in [0, 0.1) is 5.92 Å². The van der Waals surface area contributed by atoms with Gasteiger partial charge in [-0.15, -0.1) is 0 Å². The Morgan fingerprint density at radius 2 is 2.07 bits per heavy atom. The van der Waals surface area contributed by atoms with Gasteiger partial charge in [-0.1, -0.05) is 27.2 Å². The maximum absolute atomic E-state index is 6.23. The lowest BCUT2D eigenvalue weighted by molar-refractivity contribution is 0.425. The Labute approximate surface area is 92.7 Å². The molecule has 0 aliphatic heterocycles. The van der Waals surface area contributed by atoms with Crippen LogP contribution in [0.3, 0.4) is 0 Å². The quantitative estimate of drug-likeness (QED) is 0.809. The molecule has 0 saturated heterocycles. The molecule has 1 heterocycles. The number of aryl methyl sites for hydroxylation is 2. The second-order valence-electron chi connectivity index (χ2n) is 4.14. The van der Waals surface area contributed by atoms with Gasteiger partial charge in [0.05, 0.1) is 11.4 Å². The van der Waals surface area contributed by atoms with Gasteiger partial charge in [0.25, 0.3) is 0 Å². The van der Waals surface area contributed by atoms with E-state index in [2.05, 4.69) is 38.9 Å². The van der Waals surface area contributed by atoms with Crippen LogP contribution in [0.25, 0.3) is 0 Å². The van der Waals surface area contributed by atoms with E-state index >= 15 is 0 Å². The van der Waals surface area contributed by atoms with Crippen molar-refractivity contribution in [1.82, 2.24) is 9.78 Å². The Balaban J connectivity index is 2.95. The molecule has 0 aliphatic carbocycles. The highest BCUT2D eigenvalue weighted by molar-refractivity contribution is 5.14. The maximum atomic E-state index is 6.23. The molecule has 0 radical (unpaired) electrons. The normalized spacial score (nSPS) is 15.3. The topological polar surface area (TPSA) is 43.8 Å². The van der Waals surface area contributed by atoms with Gasteiger partial charge >= 0.3 is 0 Å². The SMILES string of the molecule is CCc1cc(C(N)C(C)CC)n(CC)n1. The summed E-state index contributed by atoms with van der Waals surface area (Å²) in [6.45, 7) is 9.51. The van der Waals surface area contributed by atoms with Crippen LogP contribution in [0.1, 0.15) is 51.5 Å². The van der Waals surface area contributed by atoms with E-state index < -0.39 is 0 Å². The summed E-state index contributed by atoms with van der Waals surface area (Å²) in [6.07, 6.45) is 2.09. The molecule has 0 aromatic carbocycles. The van der Waals surface area contributed by atoms with Gasteiger partial charge in [0.1, 0.15) is 0 Å². The monoisotopic (exact) mass is 209 g/mol. The molecule has 1 aromatic heterocycles. The number of rotatable bonds is 5. The fraction of sp³-hybridized carbons (Fsp3) is 0.750. The molecule has 0 spiro atoms. The first kappa shape index (κ1) is 12.2. The fourth-order valence-electron chi connectivity index (χ4n) is 1.73. The lowest BCUT2D eigenvalue weighted by atomic mass is 9.97. The highest BCUT2D eigenvalue weighted by Crippen LogP contribution is 2.22. The minimum atomic E-state index is 0.114. The van der Waals surface area contributed by atoms with Crippen molar-refractivity contribution >= 4 is 0 Å². The van der Waals surface area contributed by atoms with E-state index in [0.29, 0.717) is 5.92 Å². The molecule has 1 aromatic rings. The molecule has 86 valence electrons. The van der Waals surface area contributed by atoms with Gasteiger partial charge in [-0.2, -0.15) is 5.10 Å². The van der Waals surface area contributed by atoms with E-state index in [-0.39, 0.29) is 6.04 Å². The highest BCUT2D eigenvalue weighted by Gasteiger charge is 2.18. The Morgan fingerprint density at radius 1 is 1.40 bits per heavy atom. The zero-order chi connectivity index (χ0) is 11.4. The molecule has 3 nitrogen and oxygen atoms in total. The molecule has 1 rings (SSSR count). The van der Waals surface area contributed by atoms with Crippen molar-refractivity contribution in [3.05, 3.63) is 17.5 Å². The number of nitrogens with two attached hydrogens (primary N) is 1. The lowest BCUT2D eigenvalue weighted by Gasteiger charge is -2.19. The van der Waals surface area contributed by atoms with Crippen molar-refractivity contribution < 1.29 is 0 Å². The molecular weight excluding hydrogens is 186 g/mol. The smallest absolute Gasteiger partial charge is 0.0625 e. The summed E-state index contributed by atoms with van der Waals surface area (Å²) in [6, 6.07) is 2.27. The third kappa shape index (κ3) is 2.59. The first-order chi connectivity index (χ1) is 7.13. The van der Waals surface area contributed by atoms with E-state index in [0.717, 1.165) is 25.1 Å². The molecule has 0 fully saturated rings. The molecule has 2 N–H and O–H groups in total. The molecule has 0 bridgehead atoms. The lowest BCUT2D eigenvalue weighted by Crippen LogP contribution is -2.22. The molecule has 0 aliphatic rings. The Bertz CT molecular complexity index is 304. The average Bonchev–Trinajstić information content (AvgIpc) is 2.69. The van der Waals surface area contributed by atoms with Crippen molar-refractivity contribution in [1.29, 1.82) is 0 Å². The van der Waals surface area contributed by atoms with Crippen molar-refractivity contribution in [3.8, 4) is 0 Å². The summed E-state index contributed by atoms with van der Waals surface area (Å²) in [5, 5.41) is 4.52. The van der Waals surface area contributed by atoms with Crippen LogP contribution in [0.5, 0.6) is 0 Å². The van der Waals surface area contributed by atoms with Crippen LogP contribution in [0.4, 0.5) is 0 Å². The van der Waals surface area contributed by atoms with E-state index in [9.17, 15) is 0 Å². The van der Waals surface area contributed by atoms with Gasteiger partial charge in [-0.3, -0.25) is 4.68 Å². The number of aromatic nitrogens is 2. The van der Waals surface area contributed by atoms with Crippen molar-refractivity contribution in [2.75, 3.05) is 0 Å². The number of hydrogen-bond acceptors (Lipinski definition) is 2. The van der Waals surface area contributed by atoms with E-state index in [1.165, 1.54) is 5.69 Å². The van der Waals surface area contributed by atoms with E-state index in [4.69, 9.17) is 5.73 Å². The molecule has 2 unspecified atom stereocenters. The van der Waals surface area contributed by atoms with E-state index in [1.54, 1.807) is 0 Å². The summed E-state index contributed by atoms with van der Waals surface area (Å²) in [5.41, 5.74) is 8.56. The first-order valence-corrected chi connectivity index (χ1v) is 5.96. The third-order valence-electron chi connectivity index (χ3n) is 3.12. The number of hydrogen-bond donors (Lipinski definition) is 1. The molecule has 0 saturated carbocycles. The summed E-state index contributed by atoms with van der Waals surface area (Å²) in [5.74, 6) is 0.511. The first-order valence-electron chi connectivity index (χ1n) is 5.96. The van der Waals surface area contributed by atoms with Gasteiger partial charge in [0, 0.05) is 12.6 Å². The summed E-state index contributed by atoms with van der Waals surface area (Å²) in [7, 11) is 0. The largest absolute Gasteiger partial charge is 0.322 e. The van der Waals surface area contributed by atoms with Crippen molar-refractivity contribution in [3.63, 3.8) is 0 Å². The predicted molar refractivity (Wildman–Crippen MR) is 63.7 cm³/mol. The molecular formula is C12H23N3. The predicted octanol–water partition coefficient (Wildman–Crippen LogP) is 2.51. The maximum Gasteiger partial charge on any atom is 0.0625 e.